The predicted octanol–water partition coefficient (Wildman–Crippen LogP) is -1.04. The smallest absolute Gasteiger partial charge is 0.321 e. The lowest BCUT2D eigenvalue weighted by molar-refractivity contribution is -0.149. The van der Waals surface area contributed by atoms with Crippen LogP contribution in [0, 0.1) is 5.41 Å². The first-order valence-electron chi connectivity index (χ1n) is 10.6. The molecule has 4 N–H and O–H groups in total. The SMILES string of the molecule is CC(C)(C)C(C(=O)O)N1CCN(CC(=O)O)CCN(CC(=O)O)CCN(CC(=O)O)CC1. The van der Waals surface area contributed by atoms with Gasteiger partial charge in [0.05, 0.1) is 19.6 Å². The van der Waals surface area contributed by atoms with Crippen LogP contribution in [0.3, 0.4) is 0 Å². The number of hydrogen-bond acceptors (Lipinski definition) is 8. The van der Waals surface area contributed by atoms with Crippen LogP contribution in [-0.2, 0) is 19.2 Å². The Hall–Kier alpha value is -2.28. The molecule has 1 saturated heterocycles. The van der Waals surface area contributed by atoms with E-state index in [1.165, 1.54) is 0 Å². The maximum atomic E-state index is 12.1. The van der Waals surface area contributed by atoms with Crippen LogP contribution in [0.5, 0.6) is 0 Å². The highest BCUT2D eigenvalue weighted by atomic mass is 16.4. The van der Waals surface area contributed by atoms with Crippen molar-refractivity contribution in [1.29, 1.82) is 0 Å². The molecular weight excluding hydrogens is 424 g/mol. The van der Waals surface area contributed by atoms with Crippen molar-refractivity contribution >= 4 is 23.9 Å². The van der Waals surface area contributed by atoms with Gasteiger partial charge in [-0.15, -0.1) is 0 Å². The molecule has 0 radical (unpaired) electrons. The highest BCUT2D eigenvalue weighted by Gasteiger charge is 2.37. The first kappa shape index (κ1) is 27.8. The average molecular weight is 461 g/mol. The van der Waals surface area contributed by atoms with Gasteiger partial charge in [0, 0.05) is 52.4 Å². The zero-order chi connectivity index (χ0) is 24.5. The predicted molar refractivity (Wildman–Crippen MR) is 115 cm³/mol. The number of carboxylic acid groups (broad SMARTS) is 4. The van der Waals surface area contributed by atoms with Crippen molar-refractivity contribution in [3.05, 3.63) is 0 Å². The normalized spacial score (nSPS) is 20.1. The van der Waals surface area contributed by atoms with Crippen molar-refractivity contribution < 1.29 is 39.6 Å². The van der Waals surface area contributed by atoms with Gasteiger partial charge in [0.2, 0.25) is 0 Å². The molecule has 1 aliphatic rings. The molecule has 0 spiro atoms. The fourth-order valence-electron chi connectivity index (χ4n) is 3.93. The third kappa shape index (κ3) is 10.4. The van der Waals surface area contributed by atoms with Gasteiger partial charge in [-0.3, -0.25) is 38.8 Å². The molecule has 1 rings (SSSR count). The topological polar surface area (TPSA) is 162 Å². The Balaban J connectivity index is 3.16. The van der Waals surface area contributed by atoms with Crippen LogP contribution in [0.2, 0.25) is 0 Å². The Morgan fingerprint density at radius 3 is 1.12 bits per heavy atom. The summed E-state index contributed by atoms with van der Waals surface area (Å²) in [5.74, 6) is -4.06. The van der Waals surface area contributed by atoms with Gasteiger partial charge in [-0.1, -0.05) is 20.8 Å². The fourth-order valence-corrected chi connectivity index (χ4v) is 3.93. The molecule has 0 aromatic heterocycles. The molecule has 184 valence electrons. The van der Waals surface area contributed by atoms with E-state index < -0.39 is 35.3 Å². The van der Waals surface area contributed by atoms with Crippen LogP contribution < -0.4 is 0 Å². The van der Waals surface area contributed by atoms with Crippen molar-refractivity contribution in [3.63, 3.8) is 0 Å². The third-order valence-electron chi connectivity index (χ3n) is 5.37. The van der Waals surface area contributed by atoms with Crippen LogP contribution >= 0.6 is 0 Å². The Bertz CT molecular complexity index is 634. The summed E-state index contributed by atoms with van der Waals surface area (Å²) < 4.78 is 0. The summed E-state index contributed by atoms with van der Waals surface area (Å²) in [4.78, 5) is 52.7. The molecule has 0 aliphatic carbocycles. The quantitative estimate of drug-likeness (QED) is 0.349. The number of hydrogen-bond donors (Lipinski definition) is 4. The minimum Gasteiger partial charge on any atom is -0.480 e. The molecule has 12 nitrogen and oxygen atoms in total. The summed E-state index contributed by atoms with van der Waals surface area (Å²) in [5, 5.41) is 37.6. The molecule has 0 bridgehead atoms. The van der Waals surface area contributed by atoms with Gasteiger partial charge in [0.15, 0.2) is 0 Å². The van der Waals surface area contributed by atoms with Crippen molar-refractivity contribution in [1.82, 2.24) is 19.6 Å². The van der Waals surface area contributed by atoms with Gasteiger partial charge in [-0.2, -0.15) is 0 Å². The monoisotopic (exact) mass is 460 g/mol. The lowest BCUT2D eigenvalue weighted by atomic mass is 9.85. The maximum Gasteiger partial charge on any atom is 0.321 e. The Morgan fingerprint density at radius 1 is 0.625 bits per heavy atom. The minimum atomic E-state index is -1.02. The Labute approximate surface area is 188 Å². The number of rotatable bonds is 8. The first-order chi connectivity index (χ1) is 14.8. The van der Waals surface area contributed by atoms with Gasteiger partial charge in [0.25, 0.3) is 0 Å². The van der Waals surface area contributed by atoms with Gasteiger partial charge in [-0.25, -0.2) is 0 Å². The standard InChI is InChI=1S/C20H36N4O8/c1-20(2,3)18(19(31)32)24-10-8-22(13-16(27)28)6-4-21(12-15(25)26)5-7-23(9-11-24)14-17(29)30/h18H,4-14H2,1-3H3,(H,25,26)(H,27,28)(H,29,30)(H,31,32). The van der Waals surface area contributed by atoms with Crippen LogP contribution in [0.15, 0.2) is 0 Å². The van der Waals surface area contributed by atoms with E-state index >= 15 is 0 Å². The molecule has 1 atom stereocenters. The Morgan fingerprint density at radius 2 is 0.906 bits per heavy atom. The van der Waals surface area contributed by atoms with Gasteiger partial charge >= 0.3 is 23.9 Å². The third-order valence-corrected chi connectivity index (χ3v) is 5.37. The van der Waals surface area contributed by atoms with Gasteiger partial charge in [0.1, 0.15) is 6.04 Å². The van der Waals surface area contributed by atoms with Crippen LogP contribution in [0.4, 0.5) is 0 Å². The molecular formula is C20H36N4O8. The number of nitrogens with zero attached hydrogens (tertiary/aromatic N) is 4. The molecule has 0 amide bonds. The molecule has 0 aromatic rings. The van der Waals surface area contributed by atoms with Crippen LogP contribution in [0.1, 0.15) is 20.8 Å². The van der Waals surface area contributed by atoms with Crippen molar-refractivity contribution in [2.75, 3.05) is 72.0 Å². The summed E-state index contributed by atoms with van der Waals surface area (Å²) in [6, 6.07) is -0.840. The molecule has 12 heteroatoms. The van der Waals surface area contributed by atoms with Crippen molar-refractivity contribution in [3.8, 4) is 0 Å². The molecule has 0 saturated carbocycles. The van der Waals surface area contributed by atoms with E-state index in [0.29, 0.717) is 26.2 Å². The summed E-state index contributed by atoms with van der Waals surface area (Å²) in [6.45, 7) is 7.02. The minimum absolute atomic E-state index is 0.237. The average Bonchev–Trinajstić information content (AvgIpc) is 2.61. The molecule has 1 unspecified atom stereocenters. The summed E-state index contributed by atoms with van der Waals surface area (Å²) in [6.07, 6.45) is 0. The van der Waals surface area contributed by atoms with E-state index in [2.05, 4.69) is 0 Å². The first-order valence-corrected chi connectivity index (χ1v) is 10.6. The molecule has 1 fully saturated rings. The van der Waals surface area contributed by atoms with Crippen LogP contribution in [0.25, 0.3) is 0 Å². The van der Waals surface area contributed by atoms with E-state index in [0.717, 1.165) is 0 Å². The lowest BCUT2D eigenvalue weighted by Gasteiger charge is -2.40. The zero-order valence-electron chi connectivity index (χ0n) is 19.1. The molecule has 0 aromatic carbocycles. The number of carboxylic acids is 4. The second-order valence-electron chi connectivity index (χ2n) is 9.15. The highest BCUT2D eigenvalue weighted by Crippen LogP contribution is 2.25. The summed E-state index contributed by atoms with van der Waals surface area (Å²) >= 11 is 0. The summed E-state index contributed by atoms with van der Waals surface area (Å²) in [7, 11) is 0. The fraction of sp³-hybridized carbons (Fsp3) is 0.800. The van der Waals surface area contributed by atoms with Gasteiger partial charge < -0.3 is 20.4 Å². The largest absolute Gasteiger partial charge is 0.480 e. The molecule has 32 heavy (non-hydrogen) atoms. The van der Waals surface area contributed by atoms with E-state index in [-0.39, 0.29) is 45.8 Å². The number of carbonyl (C=O) groups is 4. The van der Waals surface area contributed by atoms with Crippen molar-refractivity contribution in [2.24, 2.45) is 5.41 Å². The zero-order valence-corrected chi connectivity index (χ0v) is 19.1. The van der Waals surface area contributed by atoms with Crippen molar-refractivity contribution in [2.45, 2.75) is 26.8 Å². The molecule has 1 aliphatic heterocycles. The van der Waals surface area contributed by atoms with E-state index in [1.807, 2.05) is 20.8 Å². The van der Waals surface area contributed by atoms with E-state index in [9.17, 15) is 39.6 Å². The second kappa shape index (κ2) is 12.7. The summed E-state index contributed by atoms with van der Waals surface area (Å²) in [5.41, 5.74) is -0.601. The lowest BCUT2D eigenvalue weighted by Crippen LogP contribution is -2.55. The molecule has 1 heterocycles. The second-order valence-corrected chi connectivity index (χ2v) is 9.15. The van der Waals surface area contributed by atoms with E-state index in [4.69, 9.17) is 0 Å². The van der Waals surface area contributed by atoms with Crippen LogP contribution in [-0.4, -0.2) is 142 Å². The highest BCUT2D eigenvalue weighted by molar-refractivity contribution is 5.74. The number of aliphatic carboxylic acids is 4. The maximum absolute atomic E-state index is 12.1. The Kier molecular flexibility index (Phi) is 11.0. The van der Waals surface area contributed by atoms with Gasteiger partial charge in [-0.05, 0) is 5.41 Å². The van der Waals surface area contributed by atoms with E-state index in [1.54, 1.807) is 19.6 Å².